The number of carbonyl (C=O) groups is 2. The highest BCUT2D eigenvalue weighted by molar-refractivity contribution is 6.33. The molecule has 3 N–H and O–H groups in total. The van der Waals surface area contributed by atoms with Crippen LogP contribution in [0.25, 0.3) is 11.3 Å². The van der Waals surface area contributed by atoms with E-state index in [1.54, 1.807) is 12.3 Å². The molecule has 0 unspecified atom stereocenters. The van der Waals surface area contributed by atoms with Crippen LogP contribution in [0, 0.1) is 11.3 Å². The van der Waals surface area contributed by atoms with Crippen LogP contribution in [0.5, 0.6) is 0 Å². The first-order valence-corrected chi connectivity index (χ1v) is 10.6. The summed E-state index contributed by atoms with van der Waals surface area (Å²) in [5, 5.41) is 14.8. The minimum atomic E-state index is -1.05. The second-order valence-corrected chi connectivity index (χ2v) is 9.44. The number of carboxylic acid groups (broad SMARTS) is 1. The van der Waals surface area contributed by atoms with Crippen molar-refractivity contribution in [3.05, 3.63) is 29.3 Å². The summed E-state index contributed by atoms with van der Waals surface area (Å²) < 4.78 is 2.18. The molecule has 2 aromatic heterocycles. The average molecular weight is 432 g/mol. The van der Waals surface area contributed by atoms with Crippen molar-refractivity contribution < 1.29 is 14.7 Å². The molecule has 1 aliphatic heterocycles. The molecule has 9 heteroatoms. The largest absolute Gasteiger partial charge is 0.465 e. The molecule has 1 fully saturated rings. The minimum Gasteiger partial charge on any atom is -0.465 e. The molecule has 160 valence electrons. The zero-order valence-electron chi connectivity index (χ0n) is 17.1. The zero-order chi connectivity index (χ0) is 21.5. The molecule has 8 nitrogen and oxygen atoms in total. The summed E-state index contributed by atoms with van der Waals surface area (Å²) in [5.74, 6) is 1.07. The number of anilines is 1. The summed E-state index contributed by atoms with van der Waals surface area (Å²) in [6, 6.07) is 1.59. The third kappa shape index (κ3) is 4.28. The Labute approximate surface area is 180 Å². The summed E-state index contributed by atoms with van der Waals surface area (Å²) in [6.07, 6.45) is 6.00. The van der Waals surface area contributed by atoms with Crippen molar-refractivity contribution in [2.45, 2.75) is 58.5 Å². The lowest BCUT2D eigenvalue weighted by atomic mass is 9.85. The fourth-order valence-corrected chi connectivity index (χ4v) is 4.72. The minimum absolute atomic E-state index is 0.146. The second-order valence-electron chi connectivity index (χ2n) is 9.04. The van der Waals surface area contributed by atoms with Gasteiger partial charge < -0.3 is 20.3 Å². The highest BCUT2D eigenvalue weighted by atomic mass is 35.5. The molecule has 4 rings (SSSR count). The molecule has 0 aromatic carbocycles. The molecule has 1 aliphatic carbocycles. The van der Waals surface area contributed by atoms with Crippen LogP contribution in [0.1, 0.15) is 45.4 Å². The molecule has 2 atom stereocenters. The number of hydrogen-bond donors (Lipinski definition) is 3. The van der Waals surface area contributed by atoms with E-state index in [-0.39, 0.29) is 23.3 Å². The van der Waals surface area contributed by atoms with Crippen molar-refractivity contribution in [3.63, 3.8) is 0 Å². The van der Waals surface area contributed by atoms with Crippen LogP contribution >= 0.6 is 11.6 Å². The summed E-state index contributed by atoms with van der Waals surface area (Å²) >= 11 is 6.43. The molecule has 2 amide bonds. The van der Waals surface area contributed by atoms with Gasteiger partial charge in [0.05, 0.1) is 16.9 Å². The highest BCUT2D eigenvalue weighted by Gasteiger charge is 2.32. The van der Waals surface area contributed by atoms with Gasteiger partial charge in [0.15, 0.2) is 0 Å². The van der Waals surface area contributed by atoms with Crippen molar-refractivity contribution in [3.8, 4) is 11.3 Å². The Morgan fingerprint density at radius 3 is 2.83 bits per heavy atom. The quantitative estimate of drug-likeness (QED) is 0.679. The van der Waals surface area contributed by atoms with E-state index >= 15 is 0 Å². The maximum Gasteiger partial charge on any atom is 0.404 e. The second kappa shape index (κ2) is 7.91. The van der Waals surface area contributed by atoms with E-state index in [0.29, 0.717) is 17.3 Å². The Morgan fingerprint density at radius 1 is 1.27 bits per heavy atom. The SMILES string of the molecule is CC1(C)Cc2ncc(-c3cc(NC(=O)[C@H]4CCC[C@@H](NC(=O)O)C4)ncc3Cl)n2C1. The van der Waals surface area contributed by atoms with E-state index in [1.807, 2.05) is 6.20 Å². The van der Waals surface area contributed by atoms with Crippen LogP contribution < -0.4 is 10.6 Å². The van der Waals surface area contributed by atoms with Crippen molar-refractivity contribution in [2.75, 3.05) is 5.32 Å². The first-order chi connectivity index (χ1) is 14.2. The maximum atomic E-state index is 12.8. The number of fused-ring (bicyclic) bond motifs is 1. The van der Waals surface area contributed by atoms with Gasteiger partial charge in [0.2, 0.25) is 5.91 Å². The molecule has 1 saturated carbocycles. The fraction of sp³-hybridized carbons (Fsp3) is 0.524. The van der Waals surface area contributed by atoms with E-state index in [0.717, 1.165) is 49.3 Å². The lowest BCUT2D eigenvalue weighted by Crippen LogP contribution is -2.40. The van der Waals surface area contributed by atoms with Crippen LogP contribution in [0.4, 0.5) is 10.6 Å². The molecule has 0 radical (unpaired) electrons. The highest BCUT2D eigenvalue weighted by Crippen LogP contribution is 2.37. The van der Waals surface area contributed by atoms with Crippen molar-refractivity contribution >= 4 is 29.4 Å². The molecule has 0 saturated heterocycles. The van der Waals surface area contributed by atoms with Crippen molar-refractivity contribution in [1.29, 1.82) is 0 Å². The van der Waals surface area contributed by atoms with Crippen LogP contribution in [0.2, 0.25) is 5.02 Å². The van der Waals surface area contributed by atoms with Crippen molar-refractivity contribution in [2.24, 2.45) is 11.3 Å². The van der Waals surface area contributed by atoms with E-state index in [4.69, 9.17) is 16.7 Å². The monoisotopic (exact) mass is 431 g/mol. The van der Waals surface area contributed by atoms with Gasteiger partial charge in [-0.1, -0.05) is 31.9 Å². The topological polar surface area (TPSA) is 109 Å². The van der Waals surface area contributed by atoms with Gasteiger partial charge in [0.1, 0.15) is 11.6 Å². The number of imidazole rings is 1. The smallest absolute Gasteiger partial charge is 0.404 e. The third-order valence-electron chi connectivity index (χ3n) is 5.92. The van der Waals surface area contributed by atoms with Crippen LogP contribution in [0.3, 0.4) is 0 Å². The van der Waals surface area contributed by atoms with Crippen LogP contribution in [-0.2, 0) is 17.8 Å². The van der Waals surface area contributed by atoms with Gasteiger partial charge in [-0.05, 0) is 30.7 Å². The Balaban J connectivity index is 1.51. The maximum absolute atomic E-state index is 12.8. The first-order valence-electron chi connectivity index (χ1n) is 10.2. The van der Waals surface area contributed by atoms with Crippen LogP contribution in [-0.4, -0.2) is 37.7 Å². The number of hydrogen-bond acceptors (Lipinski definition) is 4. The van der Waals surface area contributed by atoms with E-state index in [2.05, 4.69) is 39.0 Å². The van der Waals surface area contributed by atoms with Gasteiger partial charge in [0, 0.05) is 36.7 Å². The zero-order valence-corrected chi connectivity index (χ0v) is 17.9. The molecule has 0 bridgehead atoms. The molecular formula is C21H26ClN5O3. The summed E-state index contributed by atoms with van der Waals surface area (Å²) in [7, 11) is 0. The van der Waals surface area contributed by atoms with Gasteiger partial charge in [-0.25, -0.2) is 14.8 Å². The number of nitrogens with zero attached hydrogens (tertiary/aromatic N) is 3. The first kappa shape index (κ1) is 20.7. The average Bonchev–Trinajstić information content (AvgIpc) is 3.18. The van der Waals surface area contributed by atoms with Gasteiger partial charge in [-0.2, -0.15) is 0 Å². The number of aromatic nitrogens is 3. The van der Waals surface area contributed by atoms with E-state index in [9.17, 15) is 9.59 Å². The number of halogens is 1. The number of carbonyl (C=O) groups excluding carboxylic acids is 1. The van der Waals surface area contributed by atoms with Gasteiger partial charge in [-0.3, -0.25) is 4.79 Å². The Kier molecular flexibility index (Phi) is 5.44. The van der Waals surface area contributed by atoms with Crippen molar-refractivity contribution in [1.82, 2.24) is 19.9 Å². The van der Waals surface area contributed by atoms with Gasteiger partial charge in [-0.15, -0.1) is 0 Å². The molecule has 30 heavy (non-hydrogen) atoms. The summed E-state index contributed by atoms with van der Waals surface area (Å²) in [5.41, 5.74) is 1.85. The molecule has 3 heterocycles. The van der Waals surface area contributed by atoms with E-state index in [1.165, 1.54) is 0 Å². The van der Waals surface area contributed by atoms with Gasteiger partial charge >= 0.3 is 6.09 Å². The Hall–Kier alpha value is -2.61. The van der Waals surface area contributed by atoms with Gasteiger partial charge in [0.25, 0.3) is 0 Å². The molecule has 2 aliphatic rings. The number of rotatable bonds is 4. The number of amides is 2. The molecule has 2 aromatic rings. The lowest BCUT2D eigenvalue weighted by Gasteiger charge is -2.28. The number of nitrogens with one attached hydrogen (secondary N) is 2. The summed E-state index contributed by atoms with van der Waals surface area (Å²) in [6.45, 7) is 5.28. The normalized spacial score (nSPS) is 22.4. The fourth-order valence-electron chi connectivity index (χ4n) is 4.52. The predicted molar refractivity (Wildman–Crippen MR) is 113 cm³/mol. The molecular weight excluding hydrogens is 406 g/mol. The molecule has 0 spiro atoms. The van der Waals surface area contributed by atoms with Crippen LogP contribution in [0.15, 0.2) is 18.5 Å². The van der Waals surface area contributed by atoms with E-state index < -0.39 is 6.09 Å². The predicted octanol–water partition coefficient (Wildman–Crippen LogP) is 3.95. The Bertz CT molecular complexity index is 987. The summed E-state index contributed by atoms with van der Waals surface area (Å²) in [4.78, 5) is 32.5. The lowest BCUT2D eigenvalue weighted by molar-refractivity contribution is -0.121. The third-order valence-corrected chi connectivity index (χ3v) is 6.22. The Morgan fingerprint density at radius 2 is 2.07 bits per heavy atom. The standard InChI is InChI=1S/C21H26ClN5O3/c1-21(2)8-18-24-10-16(27(18)11-21)14-7-17(23-9-15(14)22)26-19(28)12-4-3-5-13(6-12)25-20(29)30/h7,9-10,12-13,25H,3-6,8,11H2,1-2H3,(H,29,30)(H,23,26,28)/t12-,13+/m0/s1. The number of pyridine rings is 1.